The molecule has 1 atom stereocenters. The minimum Gasteiger partial charge on any atom is -0.444 e. The minimum atomic E-state index is -3.72. The molecule has 0 aromatic heterocycles. The highest BCUT2D eigenvalue weighted by Crippen LogP contribution is 2.31. The number of halogens is 2. The highest BCUT2D eigenvalue weighted by molar-refractivity contribution is 7.90. The second-order valence-electron chi connectivity index (χ2n) is 8.44. The van der Waals surface area contributed by atoms with Gasteiger partial charge in [0.1, 0.15) is 23.3 Å². The molecule has 0 aliphatic carbocycles. The van der Waals surface area contributed by atoms with E-state index in [1.807, 2.05) is 0 Å². The number of hydrogen-bond acceptors (Lipinski definition) is 6. The molecule has 0 aliphatic rings. The molecule has 0 aliphatic heterocycles. The van der Waals surface area contributed by atoms with Crippen molar-refractivity contribution in [3.8, 4) is 0 Å². The first-order chi connectivity index (χ1) is 15.2. The zero-order chi connectivity index (χ0) is 25.0. The number of rotatable bonds is 7. The van der Waals surface area contributed by atoms with Crippen LogP contribution in [-0.2, 0) is 25.9 Å². The molecule has 2 rings (SSSR count). The summed E-state index contributed by atoms with van der Waals surface area (Å²) < 4.78 is 56.7. The maximum atomic E-state index is 13.5. The molecule has 2 amide bonds. The Hall–Kier alpha value is -3.21. The van der Waals surface area contributed by atoms with Crippen LogP contribution in [-0.4, -0.2) is 38.3 Å². The van der Waals surface area contributed by atoms with E-state index in [2.05, 4.69) is 16.0 Å². The number of hydrogen-bond donors (Lipinski definition) is 3. The summed E-state index contributed by atoms with van der Waals surface area (Å²) in [5, 5.41) is 7.80. The second-order valence-corrected chi connectivity index (χ2v) is 10.4. The van der Waals surface area contributed by atoms with Crippen LogP contribution in [0, 0.1) is 11.6 Å². The van der Waals surface area contributed by atoms with E-state index in [0.717, 1.165) is 24.5 Å². The lowest BCUT2D eigenvalue weighted by Gasteiger charge is -2.22. The average Bonchev–Trinajstić information content (AvgIpc) is 2.63. The van der Waals surface area contributed by atoms with Crippen LogP contribution in [0.1, 0.15) is 33.3 Å². The number of sulfone groups is 1. The zero-order valence-corrected chi connectivity index (χ0v) is 19.8. The first-order valence-electron chi connectivity index (χ1n) is 9.98. The van der Waals surface area contributed by atoms with Gasteiger partial charge in [-0.15, -0.1) is 0 Å². The fraction of sp³-hybridized carbons (Fsp3) is 0.364. The monoisotopic (exact) mass is 483 g/mol. The largest absolute Gasteiger partial charge is 0.444 e. The van der Waals surface area contributed by atoms with Gasteiger partial charge in [0.05, 0.1) is 16.3 Å². The van der Waals surface area contributed by atoms with E-state index in [1.165, 1.54) is 25.1 Å². The van der Waals surface area contributed by atoms with Gasteiger partial charge in [-0.2, -0.15) is 0 Å². The molecule has 3 N–H and O–H groups in total. The third kappa shape index (κ3) is 8.01. The molecule has 0 heterocycles. The standard InChI is InChI=1S/C22H27F2N3O5S/c1-13(26-21(29)32-22(2,3)4)20(28)27-17-7-6-8-18(33(5,30)31)19(17)25-12-14-9-15(23)11-16(24)10-14/h6-11,13,25H,12H2,1-5H3,(H,26,29)(H,27,28). The molecule has 180 valence electrons. The van der Waals surface area contributed by atoms with Crippen molar-refractivity contribution in [2.24, 2.45) is 0 Å². The van der Waals surface area contributed by atoms with Gasteiger partial charge in [0.15, 0.2) is 9.84 Å². The molecule has 33 heavy (non-hydrogen) atoms. The summed E-state index contributed by atoms with van der Waals surface area (Å²) in [5.41, 5.74) is -0.370. The molecular weight excluding hydrogens is 456 g/mol. The fourth-order valence-corrected chi connectivity index (χ4v) is 3.70. The molecule has 0 fully saturated rings. The lowest BCUT2D eigenvalue weighted by atomic mass is 10.2. The first-order valence-corrected chi connectivity index (χ1v) is 11.9. The number of carbonyl (C=O) groups excluding carboxylic acids is 2. The Bertz CT molecular complexity index is 1130. The second kappa shape index (κ2) is 10.2. The van der Waals surface area contributed by atoms with Crippen LogP contribution in [0.15, 0.2) is 41.3 Å². The first kappa shape index (κ1) is 26.0. The van der Waals surface area contributed by atoms with Crippen molar-refractivity contribution >= 4 is 33.2 Å². The van der Waals surface area contributed by atoms with E-state index < -0.39 is 45.1 Å². The highest BCUT2D eigenvalue weighted by atomic mass is 32.2. The van der Waals surface area contributed by atoms with Crippen molar-refractivity contribution in [3.05, 3.63) is 53.6 Å². The van der Waals surface area contributed by atoms with Gasteiger partial charge in [-0.1, -0.05) is 6.07 Å². The molecule has 0 spiro atoms. The molecule has 2 aromatic rings. The number of ether oxygens (including phenoxy) is 1. The van der Waals surface area contributed by atoms with Crippen molar-refractivity contribution in [2.75, 3.05) is 16.9 Å². The summed E-state index contributed by atoms with van der Waals surface area (Å²) in [6.07, 6.45) is 0.203. The lowest BCUT2D eigenvalue weighted by Crippen LogP contribution is -2.44. The third-order valence-corrected chi connectivity index (χ3v) is 5.34. The van der Waals surface area contributed by atoms with E-state index in [-0.39, 0.29) is 28.4 Å². The Morgan fingerprint density at radius 2 is 1.70 bits per heavy atom. The van der Waals surface area contributed by atoms with Gasteiger partial charge in [-0.05, 0) is 57.5 Å². The number of amides is 2. The van der Waals surface area contributed by atoms with E-state index in [0.29, 0.717) is 0 Å². The quantitative estimate of drug-likeness (QED) is 0.552. The maximum absolute atomic E-state index is 13.5. The van der Waals surface area contributed by atoms with Gasteiger partial charge in [0.2, 0.25) is 5.91 Å². The van der Waals surface area contributed by atoms with Crippen LogP contribution in [0.3, 0.4) is 0 Å². The molecule has 0 saturated heterocycles. The molecule has 0 radical (unpaired) electrons. The van der Waals surface area contributed by atoms with Gasteiger partial charge in [-0.25, -0.2) is 22.0 Å². The number of para-hydroxylation sites is 1. The summed E-state index contributed by atoms with van der Waals surface area (Å²) in [7, 11) is -3.72. The highest BCUT2D eigenvalue weighted by Gasteiger charge is 2.23. The number of carbonyl (C=O) groups is 2. The van der Waals surface area contributed by atoms with Crippen molar-refractivity contribution in [3.63, 3.8) is 0 Å². The van der Waals surface area contributed by atoms with Crippen LogP contribution < -0.4 is 16.0 Å². The maximum Gasteiger partial charge on any atom is 0.408 e. The smallest absolute Gasteiger partial charge is 0.408 e. The Labute approximate surface area is 191 Å². The number of alkyl carbamates (subject to hydrolysis) is 1. The van der Waals surface area contributed by atoms with Gasteiger partial charge in [-0.3, -0.25) is 4.79 Å². The van der Waals surface area contributed by atoms with Crippen LogP contribution in [0.5, 0.6) is 0 Å². The van der Waals surface area contributed by atoms with Crippen LogP contribution >= 0.6 is 0 Å². The van der Waals surface area contributed by atoms with Crippen molar-refractivity contribution in [2.45, 2.75) is 50.8 Å². The summed E-state index contributed by atoms with van der Waals surface area (Å²) >= 11 is 0. The average molecular weight is 484 g/mol. The van der Waals surface area contributed by atoms with Crippen LogP contribution in [0.4, 0.5) is 25.0 Å². The van der Waals surface area contributed by atoms with Crippen molar-refractivity contribution in [1.29, 1.82) is 0 Å². The number of anilines is 2. The van der Waals surface area contributed by atoms with E-state index >= 15 is 0 Å². The fourth-order valence-electron chi connectivity index (χ4n) is 2.82. The predicted octanol–water partition coefficient (Wildman–Crippen LogP) is 3.83. The summed E-state index contributed by atoms with van der Waals surface area (Å²) in [6.45, 7) is 6.35. The van der Waals surface area contributed by atoms with E-state index in [9.17, 15) is 26.8 Å². The predicted molar refractivity (Wildman–Crippen MR) is 121 cm³/mol. The third-order valence-electron chi connectivity index (χ3n) is 4.20. The summed E-state index contributed by atoms with van der Waals surface area (Å²) in [6, 6.07) is 6.15. The normalized spacial score (nSPS) is 12.6. The number of benzene rings is 2. The minimum absolute atomic E-state index is 0.0440. The molecule has 2 aromatic carbocycles. The topological polar surface area (TPSA) is 114 Å². The summed E-state index contributed by atoms with van der Waals surface area (Å²) in [4.78, 5) is 24.4. The van der Waals surface area contributed by atoms with Gasteiger partial charge >= 0.3 is 6.09 Å². The Morgan fingerprint density at radius 3 is 2.24 bits per heavy atom. The van der Waals surface area contributed by atoms with E-state index in [4.69, 9.17) is 4.74 Å². The van der Waals surface area contributed by atoms with Crippen molar-refractivity contribution < 1.29 is 31.5 Å². The van der Waals surface area contributed by atoms with Crippen molar-refractivity contribution in [1.82, 2.24) is 5.32 Å². The van der Waals surface area contributed by atoms with Gasteiger partial charge < -0.3 is 20.7 Å². The summed E-state index contributed by atoms with van der Waals surface area (Å²) in [5.74, 6) is -2.19. The molecule has 11 heteroatoms. The molecule has 0 bridgehead atoms. The molecular formula is C22H27F2N3O5S. The van der Waals surface area contributed by atoms with Crippen LogP contribution in [0.25, 0.3) is 0 Å². The zero-order valence-electron chi connectivity index (χ0n) is 19.0. The van der Waals surface area contributed by atoms with Gasteiger partial charge in [0.25, 0.3) is 0 Å². The SMILES string of the molecule is CC(NC(=O)OC(C)(C)C)C(=O)Nc1cccc(S(C)(=O)=O)c1NCc1cc(F)cc(F)c1. The van der Waals surface area contributed by atoms with E-state index in [1.54, 1.807) is 20.8 Å². The number of nitrogens with one attached hydrogen (secondary N) is 3. The lowest BCUT2D eigenvalue weighted by molar-refractivity contribution is -0.117. The van der Waals surface area contributed by atoms with Gasteiger partial charge in [0, 0.05) is 18.9 Å². The molecule has 8 nitrogen and oxygen atoms in total. The molecule has 0 saturated carbocycles. The van der Waals surface area contributed by atoms with Crippen LogP contribution in [0.2, 0.25) is 0 Å². The molecule has 1 unspecified atom stereocenters. The Morgan fingerprint density at radius 1 is 1.09 bits per heavy atom. The Kier molecular flexibility index (Phi) is 8.02. The Balaban J connectivity index is 2.27.